The van der Waals surface area contributed by atoms with Crippen LogP contribution in [-0.2, 0) is 4.74 Å². The summed E-state index contributed by atoms with van der Waals surface area (Å²) in [4.78, 5) is 16.3. The summed E-state index contributed by atoms with van der Waals surface area (Å²) in [6.45, 7) is 0.489. The van der Waals surface area contributed by atoms with Crippen molar-refractivity contribution in [3.8, 4) is 0 Å². The van der Waals surface area contributed by atoms with Crippen molar-refractivity contribution in [3.05, 3.63) is 41.0 Å². The first-order valence-corrected chi connectivity index (χ1v) is 7.26. The number of methoxy groups -OCH3 is 1. The van der Waals surface area contributed by atoms with E-state index in [9.17, 15) is 13.6 Å². The lowest BCUT2D eigenvalue weighted by Crippen LogP contribution is -2.31. The lowest BCUT2D eigenvalue weighted by atomic mass is 9.94. The predicted molar refractivity (Wildman–Crippen MR) is 90.4 cm³/mol. The van der Waals surface area contributed by atoms with Crippen LogP contribution in [0.1, 0.15) is 10.4 Å². The molecule has 4 N–H and O–H groups in total. The number of hydrogen-bond donors (Lipinski definition) is 3. The molecule has 1 aromatic rings. The summed E-state index contributed by atoms with van der Waals surface area (Å²) in [6, 6.07) is 1.98. The average Bonchev–Trinajstić information content (AvgIpc) is 2.89. The minimum absolute atomic E-state index is 0.102. The first kappa shape index (κ1) is 16.8. The van der Waals surface area contributed by atoms with Crippen LogP contribution >= 0.6 is 0 Å². The van der Waals surface area contributed by atoms with Gasteiger partial charge >= 0.3 is 5.84 Å². The third kappa shape index (κ3) is 2.91. The van der Waals surface area contributed by atoms with Gasteiger partial charge in [-0.15, -0.1) is 0 Å². The third-order valence-corrected chi connectivity index (χ3v) is 3.64. The second kappa shape index (κ2) is 6.48. The Balaban J connectivity index is 1.80. The number of nitrogens with one attached hydrogen (secondary N) is 2. The number of nitrogens with two attached hydrogens (primary N) is 1. The summed E-state index contributed by atoms with van der Waals surface area (Å²) < 4.78 is 36.8. The van der Waals surface area contributed by atoms with Crippen LogP contribution in [0.2, 0.25) is 0 Å². The highest BCUT2D eigenvalue weighted by Crippen LogP contribution is 2.25. The van der Waals surface area contributed by atoms with Gasteiger partial charge in [-0.3, -0.25) is 15.5 Å². The van der Waals surface area contributed by atoms with Crippen LogP contribution in [0.25, 0.3) is 0 Å². The van der Waals surface area contributed by atoms with Crippen LogP contribution in [0.5, 0.6) is 0 Å². The van der Waals surface area contributed by atoms with Crippen molar-refractivity contribution >= 4 is 34.4 Å². The molecule has 0 saturated heterocycles. The summed E-state index contributed by atoms with van der Waals surface area (Å²) in [5.41, 5.74) is 5.08. The number of Topliss-reactive ketones (excluding diaryl/α,β-unsaturated/α-hetero) is 1. The zero-order valence-corrected chi connectivity index (χ0v) is 13.2. The number of carbonyl (C=O) groups excluding carboxylic acids is 1. The Labute approximate surface area is 141 Å². The maximum atomic E-state index is 14.0. The molecule has 9 heteroatoms. The molecule has 3 rings (SSSR count). The molecule has 0 amide bonds. The first-order valence-electron chi connectivity index (χ1n) is 7.26. The molecule has 2 aliphatic heterocycles. The number of nitrogen functional groups attached to an aromatic ring is 1. The summed E-state index contributed by atoms with van der Waals surface area (Å²) >= 11 is 0. The number of carbonyl (C=O) groups is 1. The van der Waals surface area contributed by atoms with Crippen LogP contribution in [0.4, 0.5) is 14.5 Å². The normalized spacial score (nSPS) is 14.8. The van der Waals surface area contributed by atoms with E-state index in [-0.39, 0.29) is 36.2 Å². The standard InChI is InChI=1S/C16H14F2N5O2/c1-25-6-21-5-10(20)11-4-7-14(23-16(7)22-11)15(24)12-8(17)2-3-9(19)13(12)18/h2-4,20-21H,5-6,19H2,1H3/q+1. The van der Waals surface area contributed by atoms with Gasteiger partial charge in [0.15, 0.2) is 5.82 Å². The quantitative estimate of drug-likeness (QED) is 0.164. The van der Waals surface area contributed by atoms with Crippen molar-refractivity contribution in [3.63, 3.8) is 0 Å². The number of allylic oxidation sites excluding steroid dienone is 1. The highest BCUT2D eigenvalue weighted by Gasteiger charge is 2.46. The molecular formula is C16H14F2N5O2+. The minimum atomic E-state index is -1.11. The lowest BCUT2D eigenvalue weighted by Gasteiger charge is -2.08. The van der Waals surface area contributed by atoms with Crippen LogP contribution in [0.15, 0.2) is 28.8 Å². The van der Waals surface area contributed by atoms with E-state index in [2.05, 4.69) is 15.0 Å². The van der Waals surface area contributed by atoms with Crippen molar-refractivity contribution in [2.75, 3.05) is 26.1 Å². The van der Waals surface area contributed by atoms with E-state index < -0.39 is 23.0 Å². The van der Waals surface area contributed by atoms with E-state index in [0.717, 1.165) is 12.1 Å². The highest BCUT2D eigenvalue weighted by molar-refractivity contribution is 6.66. The molecule has 0 saturated carbocycles. The van der Waals surface area contributed by atoms with Crippen LogP contribution in [-0.4, -0.2) is 49.1 Å². The number of fused-ring (bicyclic) bond motifs is 1. The van der Waals surface area contributed by atoms with Crippen molar-refractivity contribution in [1.82, 2.24) is 9.98 Å². The Bertz CT molecular complexity index is 927. The van der Waals surface area contributed by atoms with E-state index in [1.807, 2.05) is 0 Å². The van der Waals surface area contributed by atoms with Crippen LogP contribution in [0, 0.1) is 17.0 Å². The highest BCUT2D eigenvalue weighted by atomic mass is 19.1. The Kier molecular flexibility index (Phi) is 4.37. The van der Waals surface area contributed by atoms with Gasteiger partial charge in [0.2, 0.25) is 11.5 Å². The second-order valence-electron chi connectivity index (χ2n) is 5.33. The van der Waals surface area contributed by atoms with Gasteiger partial charge in [-0.05, 0) is 17.1 Å². The second-order valence-corrected chi connectivity index (χ2v) is 5.33. The molecule has 0 aliphatic carbocycles. The summed E-state index contributed by atoms with van der Waals surface area (Å²) in [6.07, 6.45) is 1.49. The number of ketones is 1. The fourth-order valence-electron chi connectivity index (χ4n) is 2.37. The van der Waals surface area contributed by atoms with Gasteiger partial charge in [-0.1, -0.05) is 0 Å². The largest absolute Gasteiger partial charge is 0.428 e. The molecule has 25 heavy (non-hydrogen) atoms. The van der Waals surface area contributed by atoms with Crippen molar-refractivity contribution in [2.45, 2.75) is 0 Å². The SMILES string of the molecule is COCNCC(=N)C1=[N+]=C2N=C(C(=O)c3c(F)ccc(N)c3F)C2=C1. The fraction of sp³-hybridized carbons (Fsp3) is 0.188. The number of aliphatic imine (C=N–C) groups is 1. The van der Waals surface area contributed by atoms with Gasteiger partial charge in [0, 0.05) is 19.7 Å². The Morgan fingerprint density at radius 1 is 1.44 bits per heavy atom. The third-order valence-electron chi connectivity index (χ3n) is 3.64. The number of anilines is 1. The molecule has 2 heterocycles. The van der Waals surface area contributed by atoms with E-state index in [0.29, 0.717) is 11.3 Å². The number of rotatable bonds is 7. The number of benzene rings is 1. The summed E-state index contributed by atoms with van der Waals surface area (Å²) in [5.74, 6) is -2.76. The molecule has 128 valence electrons. The van der Waals surface area contributed by atoms with Gasteiger partial charge < -0.3 is 10.5 Å². The summed E-state index contributed by atoms with van der Waals surface area (Å²) in [7, 11) is 1.52. The predicted octanol–water partition coefficient (Wildman–Crippen LogP) is 0.244. The van der Waals surface area contributed by atoms with Gasteiger partial charge in [0.1, 0.15) is 22.7 Å². The van der Waals surface area contributed by atoms with E-state index in [1.54, 1.807) is 0 Å². The molecule has 0 atom stereocenters. The maximum absolute atomic E-state index is 14.0. The monoisotopic (exact) mass is 346 g/mol. The molecule has 0 radical (unpaired) electrons. The zero-order chi connectivity index (χ0) is 18.1. The van der Waals surface area contributed by atoms with Crippen LogP contribution in [0.3, 0.4) is 0 Å². The average molecular weight is 346 g/mol. The Morgan fingerprint density at radius 2 is 2.20 bits per heavy atom. The molecule has 0 unspecified atom stereocenters. The van der Waals surface area contributed by atoms with Gasteiger partial charge in [0.05, 0.1) is 12.4 Å². The summed E-state index contributed by atoms with van der Waals surface area (Å²) in [5, 5.41) is 10.8. The molecule has 2 aliphatic rings. The minimum Gasteiger partial charge on any atom is -0.396 e. The van der Waals surface area contributed by atoms with E-state index >= 15 is 0 Å². The molecule has 0 spiro atoms. The number of hydrogen-bond acceptors (Lipinski definition) is 6. The van der Waals surface area contributed by atoms with Gasteiger partial charge in [-0.25, -0.2) is 8.78 Å². The van der Waals surface area contributed by atoms with E-state index in [1.165, 1.54) is 13.2 Å². The molecule has 0 fully saturated rings. The molecule has 0 aromatic heterocycles. The smallest absolute Gasteiger partial charge is 0.396 e. The lowest BCUT2D eigenvalue weighted by molar-refractivity contribution is 0.105. The van der Waals surface area contributed by atoms with Crippen molar-refractivity contribution < 1.29 is 18.3 Å². The molecule has 0 bridgehead atoms. The zero-order valence-electron chi connectivity index (χ0n) is 13.2. The number of halogens is 2. The van der Waals surface area contributed by atoms with Crippen molar-refractivity contribution in [2.24, 2.45) is 4.99 Å². The Hall–Kier alpha value is -3.00. The van der Waals surface area contributed by atoms with Gasteiger partial charge in [0.25, 0.3) is 5.71 Å². The number of nitrogens with zero attached hydrogens (tertiary/aromatic N) is 2. The van der Waals surface area contributed by atoms with E-state index in [4.69, 9.17) is 15.9 Å². The number of ether oxygens (including phenoxy) is 1. The molecule has 1 aromatic carbocycles. The first-order chi connectivity index (χ1) is 11.9. The molecular weight excluding hydrogens is 332 g/mol. The fourth-order valence-corrected chi connectivity index (χ4v) is 2.37. The maximum Gasteiger partial charge on any atom is 0.428 e. The van der Waals surface area contributed by atoms with Crippen LogP contribution < -0.4 is 15.7 Å². The Morgan fingerprint density at radius 3 is 2.92 bits per heavy atom. The van der Waals surface area contributed by atoms with Gasteiger partial charge in [-0.2, -0.15) is 4.67 Å². The topological polar surface area (TPSA) is 115 Å². The molecule has 7 nitrogen and oxygen atoms in total. The van der Waals surface area contributed by atoms with Crippen molar-refractivity contribution in [1.29, 1.82) is 5.41 Å². The number of amidine groups is 1.